The molecule has 0 saturated heterocycles. The van der Waals surface area contributed by atoms with Gasteiger partial charge in [0.15, 0.2) is 0 Å². The number of hydrogen-bond acceptors (Lipinski definition) is 3. The number of rotatable bonds is 0. The Balaban J connectivity index is 3.55. The predicted molar refractivity (Wildman–Crippen MR) is 23.9 cm³/mol. The summed E-state index contributed by atoms with van der Waals surface area (Å²) < 4.78 is 0. The maximum absolute atomic E-state index is 9.73. The first-order chi connectivity index (χ1) is 3.66. The first-order valence-corrected chi connectivity index (χ1v) is 1.60. The van der Waals surface area contributed by atoms with Crippen molar-refractivity contribution in [3.05, 3.63) is 4.91 Å². The molecule has 0 aromatic rings. The van der Waals surface area contributed by atoms with Gasteiger partial charge in [0.1, 0.15) is 0 Å². The van der Waals surface area contributed by atoms with Crippen molar-refractivity contribution in [2.45, 2.75) is 0 Å². The van der Waals surface area contributed by atoms with Crippen LogP contribution in [0, 0.1) is 4.91 Å². The number of imide groups is 1. The molecule has 0 atom stereocenters. The van der Waals surface area contributed by atoms with Crippen LogP contribution in [0.1, 0.15) is 0 Å². The van der Waals surface area contributed by atoms with Crippen molar-refractivity contribution in [1.29, 1.82) is 0 Å². The van der Waals surface area contributed by atoms with Gasteiger partial charge < -0.3 is 5.73 Å². The van der Waals surface area contributed by atoms with Crippen molar-refractivity contribution < 1.29 is 9.59 Å². The van der Waals surface area contributed by atoms with Gasteiger partial charge in [0.05, 0.1) is 0 Å². The van der Waals surface area contributed by atoms with E-state index in [0.29, 0.717) is 0 Å². The highest BCUT2D eigenvalue weighted by Gasteiger charge is 1.99. The third-order valence-corrected chi connectivity index (χ3v) is 0.313. The van der Waals surface area contributed by atoms with Gasteiger partial charge in [-0.25, -0.2) is 9.59 Å². The molecule has 0 aromatic heterocycles. The smallest absolute Gasteiger partial charge is 0.351 e. The molecule has 0 rings (SSSR count). The molecular weight excluding hydrogens is 114 g/mol. The molecule has 0 spiro atoms. The van der Waals surface area contributed by atoms with Crippen LogP contribution in [0.5, 0.6) is 0 Å². The number of urea groups is 2. The summed E-state index contributed by atoms with van der Waals surface area (Å²) in [6.07, 6.45) is 0. The van der Waals surface area contributed by atoms with Crippen molar-refractivity contribution >= 4 is 12.1 Å². The lowest BCUT2D eigenvalue weighted by molar-refractivity contribution is 0.236. The zero-order valence-electron chi connectivity index (χ0n) is 3.75. The number of primary amides is 1. The van der Waals surface area contributed by atoms with Gasteiger partial charge in [-0.2, -0.15) is 0 Å². The predicted octanol–water partition coefficient (Wildman–Crippen LogP) is -0.459. The monoisotopic (exact) mass is 117 g/mol. The molecule has 44 valence electrons. The Labute approximate surface area is 44.0 Å². The Morgan fingerprint density at radius 2 is 2.00 bits per heavy atom. The van der Waals surface area contributed by atoms with Gasteiger partial charge in [-0.1, -0.05) is 0 Å². The number of amides is 4. The van der Waals surface area contributed by atoms with E-state index in [1.165, 1.54) is 5.32 Å². The summed E-state index contributed by atoms with van der Waals surface area (Å²) in [6.45, 7) is 0. The van der Waals surface area contributed by atoms with Gasteiger partial charge in [0, 0.05) is 5.18 Å². The van der Waals surface area contributed by atoms with Crippen LogP contribution >= 0.6 is 0 Å². The molecule has 6 heteroatoms. The van der Waals surface area contributed by atoms with E-state index in [-0.39, 0.29) is 0 Å². The highest BCUT2D eigenvalue weighted by Crippen LogP contribution is 1.67. The lowest BCUT2D eigenvalue weighted by Crippen LogP contribution is -2.32. The van der Waals surface area contributed by atoms with E-state index in [1.54, 1.807) is 0 Å². The third-order valence-electron chi connectivity index (χ3n) is 0.313. The SMILES string of the molecule is NC(=O)NC(=O)N=O. The summed E-state index contributed by atoms with van der Waals surface area (Å²) in [5, 5.41) is 3.24. The maximum atomic E-state index is 9.73. The summed E-state index contributed by atoms with van der Waals surface area (Å²) >= 11 is 0. The van der Waals surface area contributed by atoms with Gasteiger partial charge in [-0.05, 0) is 0 Å². The Bertz CT molecular complexity index is 130. The Morgan fingerprint density at radius 1 is 1.50 bits per heavy atom. The summed E-state index contributed by atoms with van der Waals surface area (Å²) in [7, 11) is 0. The molecule has 0 bridgehead atoms. The molecular formula is C2H3N3O3. The largest absolute Gasteiger partial charge is 0.386 e. The number of nitrogens with one attached hydrogen (secondary N) is 1. The molecule has 0 aliphatic rings. The van der Waals surface area contributed by atoms with Crippen molar-refractivity contribution in [3.8, 4) is 0 Å². The second kappa shape index (κ2) is 2.67. The zero-order chi connectivity index (χ0) is 6.57. The highest BCUT2D eigenvalue weighted by molar-refractivity contribution is 5.92. The van der Waals surface area contributed by atoms with E-state index in [9.17, 15) is 14.5 Å². The normalized spacial score (nSPS) is 7.50. The summed E-state index contributed by atoms with van der Waals surface area (Å²) in [6, 6.07) is -2.37. The molecule has 0 fully saturated rings. The fourth-order valence-corrected chi connectivity index (χ4v) is 0.128. The zero-order valence-corrected chi connectivity index (χ0v) is 3.75. The second-order valence-corrected chi connectivity index (χ2v) is 0.886. The van der Waals surface area contributed by atoms with Gasteiger partial charge in [0.2, 0.25) is 0 Å². The average molecular weight is 117 g/mol. The van der Waals surface area contributed by atoms with Crippen LogP contribution in [-0.4, -0.2) is 12.1 Å². The van der Waals surface area contributed by atoms with Gasteiger partial charge >= 0.3 is 12.1 Å². The number of nitroso groups, excluding NO2 is 1. The van der Waals surface area contributed by atoms with Gasteiger partial charge in [-0.15, -0.1) is 4.91 Å². The Hall–Kier alpha value is -1.46. The van der Waals surface area contributed by atoms with Crippen LogP contribution in [0.3, 0.4) is 0 Å². The molecule has 4 amide bonds. The summed E-state index contributed by atoms with van der Waals surface area (Å²) in [4.78, 5) is 28.6. The molecule has 6 nitrogen and oxygen atoms in total. The van der Waals surface area contributed by atoms with E-state index in [4.69, 9.17) is 0 Å². The topological polar surface area (TPSA) is 102 Å². The minimum absolute atomic E-state index is 1.09. The highest BCUT2D eigenvalue weighted by atomic mass is 16.3. The van der Waals surface area contributed by atoms with E-state index in [2.05, 4.69) is 5.73 Å². The van der Waals surface area contributed by atoms with Crippen LogP contribution in [0.15, 0.2) is 5.18 Å². The van der Waals surface area contributed by atoms with E-state index in [0.717, 1.165) is 0 Å². The van der Waals surface area contributed by atoms with Crippen LogP contribution < -0.4 is 11.1 Å². The molecule has 0 heterocycles. The lowest BCUT2D eigenvalue weighted by Gasteiger charge is -1.85. The fraction of sp³-hybridized carbons (Fsp3) is 0. The molecule has 8 heavy (non-hydrogen) atoms. The first kappa shape index (κ1) is 6.54. The van der Waals surface area contributed by atoms with Gasteiger partial charge in [-0.3, -0.25) is 5.32 Å². The Morgan fingerprint density at radius 3 is 2.12 bits per heavy atom. The standard InChI is InChI=1S/C2H3N3O3/c3-1(6)4-2(7)5-8/h(H3,3,4,6,7). The van der Waals surface area contributed by atoms with Crippen LogP contribution in [-0.2, 0) is 0 Å². The molecule has 0 unspecified atom stereocenters. The maximum Gasteiger partial charge on any atom is 0.386 e. The number of carbonyl (C=O) groups excluding carboxylic acids is 2. The molecule has 0 aliphatic carbocycles. The van der Waals surface area contributed by atoms with Crippen molar-refractivity contribution in [2.24, 2.45) is 10.9 Å². The van der Waals surface area contributed by atoms with Crippen molar-refractivity contribution in [2.75, 3.05) is 0 Å². The van der Waals surface area contributed by atoms with Crippen molar-refractivity contribution in [3.63, 3.8) is 0 Å². The van der Waals surface area contributed by atoms with Crippen LogP contribution in [0.25, 0.3) is 0 Å². The average Bonchev–Trinajstić information content (AvgIpc) is 1.65. The minimum Gasteiger partial charge on any atom is -0.351 e. The molecule has 0 aliphatic heterocycles. The first-order valence-electron chi connectivity index (χ1n) is 1.60. The molecule has 0 aromatic carbocycles. The van der Waals surface area contributed by atoms with Crippen LogP contribution in [0.4, 0.5) is 9.59 Å². The molecule has 3 N–H and O–H groups in total. The fourth-order valence-electron chi connectivity index (χ4n) is 0.128. The second-order valence-electron chi connectivity index (χ2n) is 0.886. The number of nitrogens with zero attached hydrogens (tertiary/aromatic N) is 1. The number of nitrogens with two attached hydrogens (primary N) is 1. The van der Waals surface area contributed by atoms with E-state index < -0.39 is 12.1 Å². The number of carbonyl (C=O) groups is 2. The third kappa shape index (κ3) is 2.76. The lowest BCUT2D eigenvalue weighted by atomic mass is 10.9. The van der Waals surface area contributed by atoms with Gasteiger partial charge in [0.25, 0.3) is 0 Å². The quantitative estimate of drug-likeness (QED) is 0.419. The number of hydrogen-bond donors (Lipinski definition) is 2. The summed E-state index contributed by atoms with van der Waals surface area (Å²) in [5.41, 5.74) is 4.40. The van der Waals surface area contributed by atoms with E-state index in [1.807, 2.05) is 5.18 Å². The van der Waals surface area contributed by atoms with Crippen molar-refractivity contribution in [1.82, 2.24) is 5.32 Å². The van der Waals surface area contributed by atoms with E-state index >= 15 is 0 Å². The Kier molecular flexibility index (Phi) is 2.18. The van der Waals surface area contributed by atoms with Crippen LogP contribution in [0.2, 0.25) is 0 Å². The molecule has 0 radical (unpaired) electrons. The minimum atomic E-state index is -1.28. The molecule has 0 saturated carbocycles. The summed E-state index contributed by atoms with van der Waals surface area (Å²) in [5.74, 6) is 0.